The summed E-state index contributed by atoms with van der Waals surface area (Å²) in [5.74, 6) is 1.24. The molecule has 166 valence electrons. The molecule has 4 rings (SSSR count). The Labute approximate surface area is 182 Å². The number of benzene rings is 1. The highest BCUT2D eigenvalue weighted by Crippen LogP contribution is 2.40. The molecule has 1 aromatic carbocycles. The number of hydrogen-bond acceptors (Lipinski definition) is 4. The molecule has 2 aliphatic heterocycles. The van der Waals surface area contributed by atoms with E-state index in [1.54, 1.807) is 6.92 Å². The van der Waals surface area contributed by atoms with E-state index in [2.05, 4.69) is 47.9 Å². The van der Waals surface area contributed by atoms with Crippen molar-refractivity contribution < 1.29 is 9.53 Å². The predicted octanol–water partition coefficient (Wildman–Crippen LogP) is 3.91. The van der Waals surface area contributed by atoms with Gasteiger partial charge in [0, 0.05) is 50.7 Å². The molecule has 30 heavy (non-hydrogen) atoms. The highest BCUT2D eigenvalue weighted by Gasteiger charge is 2.43. The van der Waals surface area contributed by atoms with Gasteiger partial charge in [0.25, 0.3) is 0 Å². The Kier molecular flexibility index (Phi) is 6.40. The lowest BCUT2D eigenvalue weighted by Gasteiger charge is -2.46. The molecule has 5 heteroatoms. The SMILES string of the molecule is CC(=O)N(C)C1CCC2(CC1)CN(C1CCN(C(C)C)CC1)Cc1ccccc1O2. The average molecular weight is 414 g/mol. The number of fused-ring (bicyclic) bond motifs is 1. The molecule has 1 saturated carbocycles. The normalized spacial score (nSPS) is 28.8. The minimum absolute atomic E-state index is 0.129. The quantitative estimate of drug-likeness (QED) is 0.753. The van der Waals surface area contributed by atoms with Crippen LogP contribution in [0.4, 0.5) is 0 Å². The van der Waals surface area contributed by atoms with Crippen LogP contribution in [-0.4, -0.2) is 71.0 Å². The van der Waals surface area contributed by atoms with Crippen LogP contribution in [-0.2, 0) is 11.3 Å². The highest BCUT2D eigenvalue weighted by molar-refractivity contribution is 5.73. The number of nitrogens with zero attached hydrogens (tertiary/aromatic N) is 3. The third-order valence-corrected chi connectivity index (χ3v) is 7.82. The van der Waals surface area contributed by atoms with Crippen molar-refractivity contribution in [2.24, 2.45) is 0 Å². The Bertz CT molecular complexity index is 734. The first kappa shape index (κ1) is 21.6. The van der Waals surface area contributed by atoms with Crippen LogP contribution in [0, 0.1) is 0 Å². The third kappa shape index (κ3) is 4.52. The van der Waals surface area contributed by atoms with E-state index in [9.17, 15) is 4.79 Å². The maximum absolute atomic E-state index is 11.8. The van der Waals surface area contributed by atoms with Crippen molar-refractivity contribution >= 4 is 5.91 Å². The van der Waals surface area contributed by atoms with E-state index in [-0.39, 0.29) is 11.5 Å². The molecular weight excluding hydrogens is 374 g/mol. The van der Waals surface area contributed by atoms with Crippen LogP contribution in [0.5, 0.6) is 5.75 Å². The second kappa shape index (κ2) is 8.88. The highest BCUT2D eigenvalue weighted by atomic mass is 16.5. The van der Waals surface area contributed by atoms with Gasteiger partial charge in [-0.2, -0.15) is 0 Å². The zero-order valence-electron chi connectivity index (χ0n) is 19.3. The number of likely N-dealkylation sites (tertiary alicyclic amines) is 1. The van der Waals surface area contributed by atoms with E-state index >= 15 is 0 Å². The summed E-state index contributed by atoms with van der Waals surface area (Å²) in [6, 6.07) is 10.2. The number of ether oxygens (including phenoxy) is 1. The van der Waals surface area contributed by atoms with Crippen LogP contribution in [0.15, 0.2) is 24.3 Å². The molecule has 1 aromatic rings. The van der Waals surface area contributed by atoms with E-state index in [0.29, 0.717) is 18.1 Å². The number of para-hydroxylation sites is 1. The summed E-state index contributed by atoms with van der Waals surface area (Å²) < 4.78 is 6.80. The van der Waals surface area contributed by atoms with Gasteiger partial charge in [-0.3, -0.25) is 9.69 Å². The van der Waals surface area contributed by atoms with Gasteiger partial charge in [0.05, 0.1) is 0 Å². The standard InChI is InChI=1S/C25H39N3O2/c1-19(2)27-15-11-23(12-16-27)28-17-21-7-5-6-8-24(21)30-25(18-28)13-9-22(10-14-25)26(4)20(3)29/h5-8,19,22-23H,9-18H2,1-4H3. The fraction of sp³-hybridized carbons (Fsp3) is 0.720. The topological polar surface area (TPSA) is 36.0 Å². The van der Waals surface area contributed by atoms with E-state index in [4.69, 9.17) is 4.74 Å². The first-order valence-electron chi connectivity index (χ1n) is 11.9. The van der Waals surface area contributed by atoms with Crippen molar-refractivity contribution in [2.45, 2.75) is 89.6 Å². The van der Waals surface area contributed by atoms with Crippen LogP contribution in [0.1, 0.15) is 64.9 Å². The lowest BCUT2D eigenvalue weighted by atomic mass is 9.80. The summed E-state index contributed by atoms with van der Waals surface area (Å²) in [4.78, 5) is 19.1. The molecule has 2 heterocycles. The molecule has 5 nitrogen and oxygen atoms in total. The van der Waals surface area contributed by atoms with Crippen LogP contribution in [0.3, 0.4) is 0 Å². The molecule has 0 atom stereocenters. The average Bonchev–Trinajstić information content (AvgIpc) is 2.90. The van der Waals surface area contributed by atoms with E-state index in [1.165, 1.54) is 31.5 Å². The zero-order valence-corrected chi connectivity index (χ0v) is 19.3. The fourth-order valence-electron chi connectivity index (χ4n) is 5.70. The summed E-state index contributed by atoms with van der Waals surface area (Å²) in [6.45, 7) is 10.7. The van der Waals surface area contributed by atoms with Gasteiger partial charge >= 0.3 is 0 Å². The molecule has 1 saturated heterocycles. The first-order chi connectivity index (χ1) is 14.4. The third-order valence-electron chi connectivity index (χ3n) is 7.82. The summed E-state index contributed by atoms with van der Waals surface area (Å²) in [7, 11) is 1.95. The molecule has 0 unspecified atom stereocenters. The van der Waals surface area contributed by atoms with Crippen LogP contribution in [0.2, 0.25) is 0 Å². The monoisotopic (exact) mass is 413 g/mol. The van der Waals surface area contributed by atoms with Crippen molar-refractivity contribution in [3.05, 3.63) is 29.8 Å². The Morgan fingerprint density at radius 1 is 1.13 bits per heavy atom. The molecule has 0 radical (unpaired) electrons. The Balaban J connectivity index is 1.52. The van der Waals surface area contributed by atoms with Gasteiger partial charge in [0.15, 0.2) is 0 Å². The van der Waals surface area contributed by atoms with Crippen LogP contribution < -0.4 is 4.74 Å². The molecule has 0 bridgehead atoms. The van der Waals surface area contributed by atoms with Gasteiger partial charge in [-0.25, -0.2) is 0 Å². The van der Waals surface area contributed by atoms with Gasteiger partial charge in [-0.1, -0.05) is 18.2 Å². The van der Waals surface area contributed by atoms with Crippen LogP contribution in [0.25, 0.3) is 0 Å². The van der Waals surface area contributed by atoms with E-state index < -0.39 is 0 Å². The number of amides is 1. The Morgan fingerprint density at radius 2 is 1.80 bits per heavy atom. The smallest absolute Gasteiger partial charge is 0.219 e. The molecule has 1 amide bonds. The second-order valence-corrected chi connectivity index (χ2v) is 10.0. The van der Waals surface area contributed by atoms with Gasteiger partial charge in [0.1, 0.15) is 11.4 Å². The van der Waals surface area contributed by atoms with Crippen molar-refractivity contribution in [1.29, 1.82) is 0 Å². The molecule has 0 aromatic heterocycles. The van der Waals surface area contributed by atoms with E-state index in [0.717, 1.165) is 44.5 Å². The maximum Gasteiger partial charge on any atom is 0.219 e. The van der Waals surface area contributed by atoms with Crippen molar-refractivity contribution in [3.63, 3.8) is 0 Å². The fourth-order valence-corrected chi connectivity index (χ4v) is 5.70. The Hall–Kier alpha value is -1.59. The summed E-state index contributed by atoms with van der Waals surface area (Å²) in [5, 5.41) is 0. The van der Waals surface area contributed by atoms with Gasteiger partial charge in [0.2, 0.25) is 5.91 Å². The molecule has 3 aliphatic rings. The van der Waals surface area contributed by atoms with Gasteiger partial charge in [-0.05, 0) is 71.5 Å². The first-order valence-corrected chi connectivity index (χ1v) is 11.9. The second-order valence-electron chi connectivity index (χ2n) is 10.0. The van der Waals surface area contributed by atoms with Crippen LogP contribution >= 0.6 is 0 Å². The predicted molar refractivity (Wildman–Crippen MR) is 121 cm³/mol. The lowest BCUT2D eigenvalue weighted by molar-refractivity contribution is -0.131. The minimum Gasteiger partial charge on any atom is -0.486 e. The molecule has 2 fully saturated rings. The number of hydrogen-bond donors (Lipinski definition) is 0. The van der Waals surface area contributed by atoms with E-state index in [1.807, 2.05) is 11.9 Å². The number of carbonyl (C=O) groups excluding carboxylic acids is 1. The number of carbonyl (C=O) groups is 1. The molecular formula is C25H39N3O2. The molecule has 0 N–H and O–H groups in total. The lowest BCUT2D eigenvalue weighted by Crippen LogP contribution is -2.54. The largest absolute Gasteiger partial charge is 0.486 e. The minimum atomic E-state index is -0.129. The number of piperidine rings is 1. The summed E-state index contributed by atoms with van der Waals surface area (Å²) in [6.07, 6.45) is 6.57. The van der Waals surface area contributed by atoms with Gasteiger partial charge in [-0.15, -0.1) is 0 Å². The van der Waals surface area contributed by atoms with Gasteiger partial charge < -0.3 is 14.5 Å². The zero-order chi connectivity index (χ0) is 21.3. The summed E-state index contributed by atoms with van der Waals surface area (Å²) >= 11 is 0. The molecule has 1 spiro atoms. The summed E-state index contributed by atoms with van der Waals surface area (Å²) in [5.41, 5.74) is 1.19. The number of rotatable bonds is 3. The van der Waals surface area contributed by atoms with Crippen molar-refractivity contribution in [3.8, 4) is 5.75 Å². The molecule has 1 aliphatic carbocycles. The van der Waals surface area contributed by atoms with Crippen molar-refractivity contribution in [1.82, 2.24) is 14.7 Å². The maximum atomic E-state index is 11.8. The Morgan fingerprint density at radius 3 is 2.43 bits per heavy atom. The van der Waals surface area contributed by atoms with Crippen molar-refractivity contribution in [2.75, 3.05) is 26.7 Å².